The molecule has 0 radical (unpaired) electrons. The second-order valence-electron chi connectivity index (χ2n) is 7.15. The second kappa shape index (κ2) is 8.91. The maximum atomic E-state index is 12.1. The second-order valence-corrected chi connectivity index (χ2v) is 7.15. The zero-order valence-corrected chi connectivity index (χ0v) is 16.6. The largest absolute Gasteiger partial charge is 0.352 e. The van der Waals surface area contributed by atoms with Crippen LogP contribution in [0.5, 0.6) is 0 Å². The lowest BCUT2D eigenvalue weighted by atomic mass is 9.84. The van der Waals surface area contributed by atoms with E-state index in [0.29, 0.717) is 25.2 Å². The normalized spacial score (nSPS) is 20.4. The number of dihydropyridines is 1. The van der Waals surface area contributed by atoms with Crippen molar-refractivity contribution in [2.45, 2.75) is 25.9 Å². The van der Waals surface area contributed by atoms with E-state index in [1.807, 2.05) is 31.0 Å². The Kier molecular flexibility index (Phi) is 6.34. The number of likely N-dealkylation sites (tertiary alicyclic amines) is 1. The minimum atomic E-state index is -0.267. The Morgan fingerprint density at radius 3 is 2.71 bits per heavy atom. The number of nitrogens with zero attached hydrogens (tertiary/aromatic N) is 3. The van der Waals surface area contributed by atoms with Gasteiger partial charge in [0.05, 0.1) is 18.2 Å². The van der Waals surface area contributed by atoms with Gasteiger partial charge in [0, 0.05) is 24.8 Å². The van der Waals surface area contributed by atoms with Gasteiger partial charge in [-0.05, 0) is 51.4 Å². The van der Waals surface area contributed by atoms with Crippen molar-refractivity contribution in [2.75, 3.05) is 39.0 Å². The van der Waals surface area contributed by atoms with E-state index in [9.17, 15) is 10.1 Å². The fourth-order valence-electron chi connectivity index (χ4n) is 3.75. The van der Waals surface area contributed by atoms with E-state index in [2.05, 4.69) is 37.5 Å². The number of aromatic nitrogens is 2. The highest BCUT2D eigenvalue weighted by atomic mass is 16.2. The molecule has 3 rings (SSSR count). The van der Waals surface area contributed by atoms with Crippen LogP contribution in [-0.2, 0) is 4.79 Å². The van der Waals surface area contributed by atoms with Gasteiger partial charge in [0.15, 0.2) is 5.82 Å². The van der Waals surface area contributed by atoms with E-state index < -0.39 is 0 Å². The fraction of sp³-hybridized carbons (Fsp3) is 0.526. The Hall–Kier alpha value is -2.83. The number of aryl methyl sites for hydroxylation is 1. The van der Waals surface area contributed by atoms with Crippen molar-refractivity contribution in [3.05, 3.63) is 34.8 Å². The number of amides is 1. The van der Waals surface area contributed by atoms with Crippen LogP contribution in [0.15, 0.2) is 29.1 Å². The van der Waals surface area contributed by atoms with E-state index >= 15 is 0 Å². The first-order valence-corrected chi connectivity index (χ1v) is 9.56. The number of H-pyrrole nitrogens is 1. The summed E-state index contributed by atoms with van der Waals surface area (Å²) in [5.74, 6) is 1.89. The molecule has 0 aromatic carbocycles. The van der Waals surface area contributed by atoms with Gasteiger partial charge in [0.2, 0.25) is 5.91 Å². The zero-order valence-electron chi connectivity index (χ0n) is 16.6. The average Bonchev–Trinajstić information content (AvgIpc) is 3.12. The molecule has 1 atom stereocenters. The smallest absolute Gasteiger partial charge is 0.236 e. The third-order valence-corrected chi connectivity index (χ3v) is 5.19. The molecule has 3 heterocycles. The predicted octanol–water partition coefficient (Wildman–Crippen LogP) is 0.398. The van der Waals surface area contributed by atoms with Gasteiger partial charge in [0.25, 0.3) is 0 Å². The number of likely N-dealkylation sites (N-methyl/N-ethyl adjacent to an activating group) is 2. The summed E-state index contributed by atoms with van der Waals surface area (Å²) in [4.78, 5) is 14.0. The number of rotatable bonds is 6. The Labute approximate surface area is 165 Å². The summed E-state index contributed by atoms with van der Waals surface area (Å²) in [5, 5.41) is 29.5. The summed E-state index contributed by atoms with van der Waals surface area (Å²) in [6.45, 7) is 3.72. The summed E-state index contributed by atoms with van der Waals surface area (Å²) in [7, 11) is 3.61. The van der Waals surface area contributed by atoms with Gasteiger partial charge in [-0.15, -0.1) is 0 Å². The fourth-order valence-corrected chi connectivity index (χ4v) is 3.75. The van der Waals surface area contributed by atoms with Crippen molar-refractivity contribution in [3.63, 3.8) is 0 Å². The molecule has 0 spiro atoms. The Bertz CT molecular complexity index is 810. The summed E-state index contributed by atoms with van der Waals surface area (Å²) >= 11 is 0. The number of hydrogen-bond acceptors (Lipinski definition) is 7. The van der Waals surface area contributed by atoms with Crippen LogP contribution in [0.4, 0.5) is 5.82 Å². The molecule has 1 saturated heterocycles. The van der Waals surface area contributed by atoms with Crippen LogP contribution in [0.25, 0.3) is 0 Å². The monoisotopic (exact) mass is 384 g/mol. The third kappa shape index (κ3) is 4.35. The van der Waals surface area contributed by atoms with E-state index in [4.69, 9.17) is 0 Å². The maximum Gasteiger partial charge on any atom is 0.236 e. The van der Waals surface area contributed by atoms with Crippen molar-refractivity contribution >= 4 is 11.7 Å². The molecule has 9 nitrogen and oxygen atoms in total. The van der Waals surface area contributed by atoms with E-state index in [0.717, 1.165) is 35.7 Å². The van der Waals surface area contributed by atoms with Crippen LogP contribution in [0.2, 0.25) is 0 Å². The van der Waals surface area contributed by atoms with Gasteiger partial charge in [-0.2, -0.15) is 10.4 Å². The van der Waals surface area contributed by atoms with Gasteiger partial charge in [0.1, 0.15) is 12.0 Å². The number of hydrogen-bond donors (Lipinski definition) is 5. The number of nitrogens with one attached hydrogen (secondary N) is 5. The highest BCUT2D eigenvalue weighted by molar-refractivity contribution is 5.78. The minimum absolute atomic E-state index is 0.126. The van der Waals surface area contributed by atoms with Gasteiger partial charge < -0.3 is 20.9 Å². The SMILES string of the molecule is CNCC(=O)N1CCC(C2=C(C#N)C(NC)NC(Nc3cc(C)[nH]n3)=C2)CC1. The van der Waals surface area contributed by atoms with E-state index in [1.54, 1.807) is 7.05 Å². The molecule has 2 aliphatic rings. The number of aromatic amines is 1. The molecule has 1 fully saturated rings. The van der Waals surface area contributed by atoms with Crippen molar-refractivity contribution in [3.8, 4) is 6.07 Å². The summed E-state index contributed by atoms with van der Waals surface area (Å²) < 4.78 is 0. The van der Waals surface area contributed by atoms with Crippen LogP contribution in [0, 0.1) is 24.2 Å². The van der Waals surface area contributed by atoms with Crippen LogP contribution in [-0.4, -0.2) is 60.9 Å². The molecular weight excluding hydrogens is 356 g/mol. The first kappa shape index (κ1) is 19.9. The number of nitriles is 1. The number of anilines is 1. The molecule has 5 N–H and O–H groups in total. The van der Waals surface area contributed by atoms with Crippen molar-refractivity contribution < 1.29 is 4.79 Å². The zero-order chi connectivity index (χ0) is 20.1. The average molecular weight is 384 g/mol. The lowest BCUT2D eigenvalue weighted by Gasteiger charge is -2.36. The van der Waals surface area contributed by atoms with Crippen molar-refractivity contribution in [2.24, 2.45) is 5.92 Å². The molecule has 1 amide bonds. The van der Waals surface area contributed by atoms with E-state index in [1.165, 1.54) is 0 Å². The molecule has 150 valence electrons. The summed E-state index contributed by atoms with van der Waals surface area (Å²) in [6, 6.07) is 4.29. The van der Waals surface area contributed by atoms with Crippen LogP contribution < -0.4 is 21.3 Å². The predicted molar refractivity (Wildman–Crippen MR) is 107 cm³/mol. The lowest BCUT2D eigenvalue weighted by molar-refractivity contribution is -0.131. The van der Waals surface area contributed by atoms with E-state index in [-0.39, 0.29) is 18.0 Å². The molecule has 2 aliphatic heterocycles. The Morgan fingerprint density at radius 2 is 2.14 bits per heavy atom. The number of allylic oxidation sites excluding steroid dienone is 2. The van der Waals surface area contributed by atoms with Gasteiger partial charge in [-0.25, -0.2) is 0 Å². The van der Waals surface area contributed by atoms with Gasteiger partial charge in [-0.3, -0.25) is 15.2 Å². The van der Waals surface area contributed by atoms with Gasteiger partial charge >= 0.3 is 0 Å². The van der Waals surface area contributed by atoms with Gasteiger partial charge in [-0.1, -0.05) is 0 Å². The number of carbonyl (C=O) groups is 1. The Balaban J connectivity index is 1.78. The molecule has 9 heteroatoms. The molecule has 1 aromatic heterocycles. The standard InChI is InChI=1S/C19H28N8O/c1-12-8-17(26-25-12)23-16-9-14(15(10-20)19(22-3)24-16)13-4-6-27(7-5-13)18(28)11-21-2/h8-9,13,19,21-22,24H,4-7,11H2,1-3H3,(H2,23,25,26). The van der Waals surface area contributed by atoms with Crippen LogP contribution in [0.1, 0.15) is 18.5 Å². The first-order valence-electron chi connectivity index (χ1n) is 9.56. The number of piperidine rings is 1. The topological polar surface area (TPSA) is 121 Å². The molecule has 1 aromatic rings. The minimum Gasteiger partial charge on any atom is -0.352 e. The molecule has 28 heavy (non-hydrogen) atoms. The van der Waals surface area contributed by atoms with Crippen LogP contribution >= 0.6 is 0 Å². The molecule has 0 saturated carbocycles. The summed E-state index contributed by atoms with van der Waals surface area (Å²) in [6.07, 6.45) is 3.43. The highest BCUT2D eigenvalue weighted by Gasteiger charge is 2.30. The molecule has 0 bridgehead atoms. The summed E-state index contributed by atoms with van der Waals surface area (Å²) in [5.41, 5.74) is 2.69. The number of carbonyl (C=O) groups excluding carboxylic acids is 1. The lowest BCUT2D eigenvalue weighted by Crippen LogP contribution is -2.47. The quantitative estimate of drug-likeness (QED) is 0.481. The van der Waals surface area contributed by atoms with Crippen LogP contribution in [0.3, 0.4) is 0 Å². The van der Waals surface area contributed by atoms with Crippen molar-refractivity contribution in [1.82, 2.24) is 31.0 Å². The maximum absolute atomic E-state index is 12.1. The molecular formula is C19H28N8O. The third-order valence-electron chi connectivity index (χ3n) is 5.19. The Morgan fingerprint density at radius 1 is 1.39 bits per heavy atom. The first-order chi connectivity index (χ1) is 13.5. The highest BCUT2D eigenvalue weighted by Crippen LogP contribution is 2.31. The molecule has 0 aliphatic carbocycles. The molecule has 1 unspecified atom stereocenters. The van der Waals surface area contributed by atoms with Crippen molar-refractivity contribution in [1.29, 1.82) is 5.26 Å².